The van der Waals surface area contributed by atoms with Crippen LogP contribution >= 0.6 is 0 Å². The van der Waals surface area contributed by atoms with Crippen molar-refractivity contribution in [3.63, 3.8) is 0 Å². The van der Waals surface area contributed by atoms with Crippen LogP contribution in [0.4, 0.5) is 4.79 Å². The van der Waals surface area contributed by atoms with Crippen LogP contribution in [0.2, 0.25) is 0 Å². The Morgan fingerprint density at radius 1 is 1.08 bits per heavy atom. The molecular formula is C16H22N2O7. The van der Waals surface area contributed by atoms with Crippen molar-refractivity contribution in [2.75, 3.05) is 21.3 Å². The molecule has 0 heterocycles. The largest absolute Gasteiger partial charge is 0.493 e. The van der Waals surface area contributed by atoms with Crippen molar-refractivity contribution in [3.05, 3.63) is 17.7 Å². The molecule has 1 aromatic carbocycles. The van der Waals surface area contributed by atoms with Crippen LogP contribution in [0.25, 0.3) is 0 Å². The molecule has 0 spiro atoms. The second kappa shape index (κ2) is 9.36. The number of carbonyl (C=O) groups is 3. The molecular weight excluding hydrogens is 332 g/mol. The van der Waals surface area contributed by atoms with Crippen molar-refractivity contribution in [2.24, 2.45) is 5.73 Å². The van der Waals surface area contributed by atoms with Crippen LogP contribution < -0.4 is 25.3 Å². The summed E-state index contributed by atoms with van der Waals surface area (Å²) in [6.45, 7) is 1.34. The Morgan fingerprint density at radius 3 is 2.08 bits per heavy atom. The zero-order chi connectivity index (χ0) is 19.0. The van der Waals surface area contributed by atoms with Crippen molar-refractivity contribution in [1.29, 1.82) is 0 Å². The Labute approximate surface area is 145 Å². The molecule has 0 aliphatic rings. The summed E-state index contributed by atoms with van der Waals surface area (Å²) >= 11 is 0. The number of primary amides is 1. The van der Waals surface area contributed by atoms with Gasteiger partial charge in [0.05, 0.1) is 21.3 Å². The van der Waals surface area contributed by atoms with Crippen LogP contribution in [0, 0.1) is 0 Å². The molecule has 0 aromatic heterocycles. The van der Waals surface area contributed by atoms with Gasteiger partial charge in [-0.15, -0.1) is 0 Å². The lowest BCUT2D eigenvalue weighted by atomic mass is 10.1. The number of aryl methyl sites for hydroxylation is 1. The molecule has 25 heavy (non-hydrogen) atoms. The van der Waals surface area contributed by atoms with Gasteiger partial charge in [-0.1, -0.05) is 0 Å². The number of imide groups is 1. The number of carbonyl (C=O) groups excluding carboxylic acids is 3. The Hall–Kier alpha value is -2.97. The molecule has 0 aliphatic heterocycles. The minimum atomic E-state index is -1.13. The third-order valence-corrected chi connectivity index (χ3v) is 3.27. The van der Waals surface area contributed by atoms with E-state index in [0.29, 0.717) is 23.7 Å². The summed E-state index contributed by atoms with van der Waals surface area (Å²) in [5.74, 6) is 0.0152. The number of ether oxygens (including phenoxy) is 4. The van der Waals surface area contributed by atoms with E-state index in [1.807, 2.05) is 5.32 Å². The summed E-state index contributed by atoms with van der Waals surface area (Å²) < 4.78 is 20.7. The molecule has 0 radical (unpaired) electrons. The quantitative estimate of drug-likeness (QED) is 0.660. The van der Waals surface area contributed by atoms with Gasteiger partial charge in [-0.3, -0.25) is 14.9 Å². The second-order valence-electron chi connectivity index (χ2n) is 5.02. The summed E-state index contributed by atoms with van der Waals surface area (Å²) in [5.41, 5.74) is 5.59. The molecule has 9 heteroatoms. The Bertz CT molecular complexity index is 620. The van der Waals surface area contributed by atoms with Gasteiger partial charge in [-0.25, -0.2) is 4.79 Å². The second-order valence-corrected chi connectivity index (χ2v) is 5.02. The predicted molar refractivity (Wildman–Crippen MR) is 87.7 cm³/mol. The maximum Gasteiger partial charge on any atom is 0.318 e. The van der Waals surface area contributed by atoms with E-state index in [0.717, 1.165) is 5.56 Å². The number of amides is 3. The molecule has 0 fully saturated rings. The van der Waals surface area contributed by atoms with Gasteiger partial charge in [0.25, 0.3) is 5.91 Å². The summed E-state index contributed by atoms with van der Waals surface area (Å²) in [4.78, 5) is 33.9. The van der Waals surface area contributed by atoms with Gasteiger partial charge in [0, 0.05) is 6.42 Å². The lowest BCUT2D eigenvalue weighted by Gasteiger charge is -2.14. The lowest BCUT2D eigenvalue weighted by molar-refractivity contribution is -0.154. The smallest absolute Gasteiger partial charge is 0.318 e. The maximum absolute atomic E-state index is 11.8. The van der Waals surface area contributed by atoms with Crippen LogP contribution in [0.3, 0.4) is 0 Å². The average Bonchev–Trinajstić information content (AvgIpc) is 2.58. The van der Waals surface area contributed by atoms with Gasteiger partial charge in [0.2, 0.25) is 5.75 Å². The first-order valence-corrected chi connectivity index (χ1v) is 7.41. The standard InChI is InChI=1S/C16H22N2O7/c1-9(15(20)18-16(17)21)25-13(19)6-5-10-7-11(22-2)14(24-4)12(8-10)23-3/h7-9H,5-6H2,1-4H3,(H3,17,18,20,21). The summed E-state index contributed by atoms with van der Waals surface area (Å²) in [7, 11) is 4.48. The Balaban J connectivity index is 2.70. The fraction of sp³-hybridized carbons (Fsp3) is 0.438. The van der Waals surface area contributed by atoms with Gasteiger partial charge >= 0.3 is 12.0 Å². The lowest BCUT2D eigenvalue weighted by Crippen LogP contribution is -2.42. The van der Waals surface area contributed by atoms with Gasteiger partial charge in [-0.05, 0) is 31.0 Å². The van der Waals surface area contributed by atoms with Crippen molar-refractivity contribution >= 4 is 17.9 Å². The molecule has 1 atom stereocenters. The van der Waals surface area contributed by atoms with E-state index in [1.54, 1.807) is 12.1 Å². The van der Waals surface area contributed by atoms with Gasteiger partial charge in [0.15, 0.2) is 17.6 Å². The van der Waals surface area contributed by atoms with E-state index in [2.05, 4.69) is 0 Å². The highest BCUT2D eigenvalue weighted by Gasteiger charge is 2.19. The number of methoxy groups -OCH3 is 3. The third-order valence-electron chi connectivity index (χ3n) is 3.27. The first kappa shape index (κ1) is 20.1. The highest BCUT2D eigenvalue weighted by Crippen LogP contribution is 2.38. The number of hydrogen-bond acceptors (Lipinski definition) is 7. The molecule has 138 valence electrons. The number of hydrogen-bond donors (Lipinski definition) is 2. The maximum atomic E-state index is 11.8. The van der Waals surface area contributed by atoms with Crippen molar-refractivity contribution in [3.8, 4) is 17.2 Å². The highest BCUT2D eigenvalue weighted by molar-refractivity contribution is 5.96. The molecule has 0 saturated carbocycles. The molecule has 1 aromatic rings. The molecule has 3 N–H and O–H groups in total. The zero-order valence-corrected chi connectivity index (χ0v) is 14.6. The summed E-state index contributed by atoms with van der Waals surface area (Å²) in [6.07, 6.45) is -0.771. The van der Waals surface area contributed by atoms with Crippen LogP contribution in [0.5, 0.6) is 17.2 Å². The summed E-state index contributed by atoms with van der Waals surface area (Å²) in [6, 6.07) is 2.43. The van der Waals surface area contributed by atoms with E-state index in [4.69, 9.17) is 24.7 Å². The molecule has 3 amide bonds. The first-order chi connectivity index (χ1) is 11.8. The number of urea groups is 1. The van der Waals surface area contributed by atoms with Crippen LogP contribution in [0.1, 0.15) is 18.9 Å². The van der Waals surface area contributed by atoms with Crippen LogP contribution in [-0.2, 0) is 20.7 Å². The molecule has 9 nitrogen and oxygen atoms in total. The number of esters is 1. The van der Waals surface area contributed by atoms with E-state index < -0.39 is 24.0 Å². The SMILES string of the molecule is COc1cc(CCC(=O)OC(C)C(=O)NC(N)=O)cc(OC)c1OC. The number of nitrogens with one attached hydrogen (secondary N) is 1. The zero-order valence-electron chi connectivity index (χ0n) is 14.6. The third kappa shape index (κ3) is 5.87. The Morgan fingerprint density at radius 2 is 1.64 bits per heavy atom. The van der Waals surface area contributed by atoms with E-state index in [1.165, 1.54) is 28.3 Å². The minimum absolute atomic E-state index is 0.0207. The van der Waals surface area contributed by atoms with E-state index in [9.17, 15) is 14.4 Å². The number of benzene rings is 1. The monoisotopic (exact) mass is 354 g/mol. The average molecular weight is 354 g/mol. The molecule has 0 saturated heterocycles. The first-order valence-electron chi connectivity index (χ1n) is 7.41. The van der Waals surface area contributed by atoms with Crippen LogP contribution in [0.15, 0.2) is 12.1 Å². The minimum Gasteiger partial charge on any atom is -0.493 e. The fourth-order valence-corrected chi connectivity index (χ4v) is 2.06. The molecule has 0 aliphatic carbocycles. The normalized spacial score (nSPS) is 11.2. The fourth-order valence-electron chi connectivity index (χ4n) is 2.06. The molecule has 1 rings (SSSR count). The molecule has 1 unspecified atom stereocenters. The van der Waals surface area contributed by atoms with Gasteiger partial charge in [-0.2, -0.15) is 0 Å². The van der Waals surface area contributed by atoms with E-state index in [-0.39, 0.29) is 6.42 Å². The topological polar surface area (TPSA) is 126 Å². The number of nitrogens with two attached hydrogens (primary N) is 1. The van der Waals surface area contributed by atoms with Crippen molar-refractivity contribution < 1.29 is 33.3 Å². The number of rotatable bonds is 8. The Kier molecular flexibility index (Phi) is 7.51. The van der Waals surface area contributed by atoms with Crippen molar-refractivity contribution in [1.82, 2.24) is 5.32 Å². The summed E-state index contributed by atoms with van der Waals surface area (Å²) in [5, 5.41) is 1.84. The molecule has 0 bridgehead atoms. The van der Waals surface area contributed by atoms with Gasteiger partial charge in [0.1, 0.15) is 0 Å². The van der Waals surface area contributed by atoms with Crippen molar-refractivity contribution in [2.45, 2.75) is 25.9 Å². The highest BCUT2D eigenvalue weighted by atomic mass is 16.5. The van der Waals surface area contributed by atoms with E-state index >= 15 is 0 Å². The van der Waals surface area contributed by atoms with Crippen LogP contribution in [-0.4, -0.2) is 45.3 Å². The van der Waals surface area contributed by atoms with Gasteiger partial charge < -0.3 is 24.7 Å². The predicted octanol–water partition coefficient (Wildman–Crippen LogP) is 0.772.